The van der Waals surface area contributed by atoms with Gasteiger partial charge in [0.2, 0.25) is 0 Å². The molecule has 210 valence electrons. The first-order chi connectivity index (χ1) is 19.1. The van der Waals surface area contributed by atoms with E-state index in [0.29, 0.717) is 16.7 Å². The van der Waals surface area contributed by atoms with E-state index < -0.39 is 59.3 Å². The minimum Gasteiger partial charge on any atom is -0.481 e. The number of alkyl halides is 1. The molecule has 0 aromatic heterocycles. The van der Waals surface area contributed by atoms with Crippen LogP contribution in [0, 0.1) is 22.2 Å². The predicted octanol–water partition coefficient (Wildman–Crippen LogP) is 2.84. The van der Waals surface area contributed by atoms with Crippen LogP contribution in [0.3, 0.4) is 0 Å². The molecule has 5 atom stereocenters. The van der Waals surface area contributed by atoms with Crippen molar-refractivity contribution < 1.29 is 38.5 Å². The number of rotatable bonds is 10. The molecule has 10 nitrogen and oxygen atoms in total. The Morgan fingerprint density at radius 3 is 2.25 bits per heavy atom. The molecule has 0 spiro atoms. The number of hydrogen-bond donors (Lipinski definition) is 3. The van der Waals surface area contributed by atoms with Crippen LogP contribution in [0.15, 0.2) is 48.5 Å². The third kappa shape index (κ3) is 4.43. The lowest BCUT2D eigenvalue weighted by Gasteiger charge is -2.56. The summed E-state index contributed by atoms with van der Waals surface area (Å²) < 4.78 is 20.3. The fourth-order valence-corrected chi connectivity index (χ4v) is 6.28. The van der Waals surface area contributed by atoms with E-state index in [1.165, 1.54) is 19.1 Å². The molecule has 0 bridgehead atoms. The SMILES string of the molecule is CCC1(C(=O)O)C(COCCN2C(=O)c3ccccc3C2=O)NC(CF)C(C)(C(=O)O)C1c1cccc(C#N)c1. The number of fused-ring (bicyclic) bond motifs is 1. The van der Waals surface area contributed by atoms with Gasteiger partial charge in [-0.15, -0.1) is 0 Å². The minimum atomic E-state index is -1.89. The largest absolute Gasteiger partial charge is 0.481 e. The van der Waals surface area contributed by atoms with Crippen molar-refractivity contribution in [3.63, 3.8) is 0 Å². The van der Waals surface area contributed by atoms with Crippen LogP contribution in [0.5, 0.6) is 0 Å². The molecule has 1 saturated heterocycles. The maximum Gasteiger partial charge on any atom is 0.311 e. The van der Waals surface area contributed by atoms with Crippen LogP contribution < -0.4 is 5.32 Å². The van der Waals surface area contributed by atoms with Gasteiger partial charge in [0.15, 0.2) is 0 Å². The zero-order valence-corrected chi connectivity index (χ0v) is 22.1. The van der Waals surface area contributed by atoms with Crippen molar-refractivity contribution in [2.45, 2.75) is 38.3 Å². The summed E-state index contributed by atoms with van der Waals surface area (Å²) in [5.41, 5.74) is -2.58. The van der Waals surface area contributed by atoms with E-state index in [4.69, 9.17) is 4.74 Å². The van der Waals surface area contributed by atoms with E-state index in [1.807, 2.05) is 6.07 Å². The van der Waals surface area contributed by atoms with E-state index in [-0.39, 0.29) is 31.7 Å². The summed E-state index contributed by atoms with van der Waals surface area (Å²) in [5, 5.41) is 33.4. The number of imide groups is 1. The molecule has 2 heterocycles. The first-order valence-corrected chi connectivity index (χ1v) is 12.9. The van der Waals surface area contributed by atoms with Gasteiger partial charge in [-0.05, 0) is 43.2 Å². The van der Waals surface area contributed by atoms with Gasteiger partial charge < -0.3 is 20.3 Å². The van der Waals surface area contributed by atoms with Crippen molar-refractivity contribution in [2.24, 2.45) is 10.8 Å². The Morgan fingerprint density at radius 2 is 1.73 bits per heavy atom. The average Bonchev–Trinajstić information content (AvgIpc) is 3.19. The van der Waals surface area contributed by atoms with Crippen LogP contribution in [0.2, 0.25) is 0 Å². The Morgan fingerprint density at radius 1 is 1.07 bits per heavy atom. The Balaban J connectivity index is 1.64. The minimum absolute atomic E-state index is 0.0366. The highest BCUT2D eigenvalue weighted by atomic mass is 19.1. The second-order valence-electron chi connectivity index (χ2n) is 10.3. The van der Waals surface area contributed by atoms with Crippen LogP contribution in [0.25, 0.3) is 0 Å². The standard InChI is InChI=1S/C29H30FN3O7/c1-3-29(27(38)39)22(16-40-12-11-33-24(34)19-9-4-5-10-20(19)25(33)35)32-21(14-30)28(2,26(36)37)23(29)18-8-6-7-17(13-18)15-31/h4-10,13,21-23,32H,3,11-12,14,16H2,1-2H3,(H,36,37)(H,38,39). The summed E-state index contributed by atoms with van der Waals surface area (Å²) in [6.45, 7) is 1.38. The zero-order chi connectivity index (χ0) is 29.2. The predicted molar refractivity (Wildman–Crippen MR) is 139 cm³/mol. The van der Waals surface area contributed by atoms with Gasteiger partial charge in [0.1, 0.15) is 6.67 Å². The van der Waals surface area contributed by atoms with Crippen LogP contribution >= 0.6 is 0 Å². The number of nitriles is 1. The Bertz CT molecular complexity index is 1360. The van der Waals surface area contributed by atoms with E-state index in [1.54, 1.807) is 43.3 Å². The first kappa shape index (κ1) is 28.9. The molecule has 40 heavy (non-hydrogen) atoms. The van der Waals surface area contributed by atoms with Gasteiger partial charge in [-0.3, -0.25) is 24.1 Å². The summed E-state index contributed by atoms with van der Waals surface area (Å²) in [6, 6.07) is 12.2. The lowest BCUT2D eigenvalue weighted by molar-refractivity contribution is -0.175. The second kappa shape index (κ2) is 11.2. The maximum atomic E-state index is 14.5. The van der Waals surface area contributed by atoms with Crippen molar-refractivity contribution in [3.8, 4) is 6.07 Å². The molecule has 3 N–H and O–H groups in total. The molecular formula is C29H30FN3O7. The van der Waals surface area contributed by atoms with E-state index in [9.17, 15) is 39.0 Å². The van der Waals surface area contributed by atoms with Gasteiger partial charge >= 0.3 is 11.9 Å². The van der Waals surface area contributed by atoms with Crippen molar-refractivity contribution in [3.05, 3.63) is 70.8 Å². The quantitative estimate of drug-likeness (QED) is 0.298. The molecule has 11 heteroatoms. The van der Waals surface area contributed by atoms with Crippen molar-refractivity contribution in [1.82, 2.24) is 10.2 Å². The molecule has 0 radical (unpaired) electrons. The molecule has 2 aromatic carbocycles. The number of benzene rings is 2. The number of carbonyl (C=O) groups is 4. The van der Waals surface area contributed by atoms with Crippen LogP contribution in [0.1, 0.15) is 58.0 Å². The van der Waals surface area contributed by atoms with Gasteiger partial charge in [-0.1, -0.05) is 31.2 Å². The molecule has 2 aliphatic heterocycles. The fraction of sp³-hybridized carbons (Fsp3) is 0.414. The molecule has 2 aromatic rings. The number of halogens is 1. The molecule has 1 fully saturated rings. The van der Waals surface area contributed by atoms with Crippen LogP contribution in [-0.2, 0) is 14.3 Å². The molecule has 0 saturated carbocycles. The number of ether oxygens (including phenoxy) is 1. The third-order valence-electron chi connectivity index (χ3n) is 8.43. The first-order valence-electron chi connectivity index (χ1n) is 12.9. The van der Waals surface area contributed by atoms with E-state index in [0.717, 1.165) is 4.90 Å². The van der Waals surface area contributed by atoms with Crippen molar-refractivity contribution >= 4 is 23.8 Å². The lowest BCUT2D eigenvalue weighted by Crippen LogP contribution is -2.71. The topological polar surface area (TPSA) is 157 Å². The molecule has 4 rings (SSSR count). The zero-order valence-electron chi connectivity index (χ0n) is 22.1. The highest BCUT2D eigenvalue weighted by Gasteiger charge is 2.66. The summed E-state index contributed by atoms with van der Waals surface area (Å²) >= 11 is 0. The van der Waals surface area contributed by atoms with E-state index >= 15 is 0 Å². The normalized spacial score (nSPS) is 27.8. The van der Waals surface area contributed by atoms with Crippen LogP contribution in [-0.4, -0.2) is 77.4 Å². The highest BCUT2D eigenvalue weighted by Crippen LogP contribution is 2.57. The number of carbonyl (C=O) groups excluding carboxylic acids is 2. The molecule has 2 amide bonds. The number of hydrogen-bond acceptors (Lipinski definition) is 7. The van der Waals surface area contributed by atoms with Gasteiger partial charge in [-0.25, -0.2) is 4.39 Å². The monoisotopic (exact) mass is 551 g/mol. The number of carboxylic acid groups (broad SMARTS) is 2. The van der Waals surface area contributed by atoms with Crippen molar-refractivity contribution in [1.29, 1.82) is 5.26 Å². The summed E-state index contributed by atoms with van der Waals surface area (Å²) in [4.78, 5) is 52.1. The summed E-state index contributed by atoms with van der Waals surface area (Å²) in [6.07, 6.45) is -0.0366. The average molecular weight is 552 g/mol. The molecular weight excluding hydrogens is 521 g/mol. The summed E-state index contributed by atoms with van der Waals surface area (Å²) in [7, 11) is 0. The maximum absolute atomic E-state index is 14.5. The van der Waals surface area contributed by atoms with Gasteiger partial charge in [-0.2, -0.15) is 5.26 Å². The number of piperidine rings is 1. The Hall–Kier alpha value is -4.14. The molecule has 2 aliphatic rings. The second-order valence-corrected chi connectivity index (χ2v) is 10.3. The lowest BCUT2D eigenvalue weighted by atomic mass is 9.51. The summed E-state index contributed by atoms with van der Waals surface area (Å²) in [5.74, 6) is -4.83. The van der Waals surface area contributed by atoms with Crippen molar-refractivity contribution in [2.75, 3.05) is 26.4 Å². The number of amides is 2. The smallest absolute Gasteiger partial charge is 0.311 e. The number of carboxylic acids is 2. The van der Waals surface area contributed by atoms with Gasteiger partial charge in [0, 0.05) is 12.0 Å². The molecule has 5 unspecified atom stereocenters. The number of nitrogens with zero attached hydrogens (tertiary/aromatic N) is 2. The number of aliphatic carboxylic acids is 2. The Kier molecular flexibility index (Phi) is 8.05. The third-order valence-corrected chi connectivity index (χ3v) is 8.43. The van der Waals surface area contributed by atoms with Crippen LogP contribution in [0.4, 0.5) is 4.39 Å². The van der Waals surface area contributed by atoms with Gasteiger partial charge in [0.25, 0.3) is 11.8 Å². The van der Waals surface area contributed by atoms with E-state index in [2.05, 4.69) is 5.32 Å². The number of nitrogens with one attached hydrogen (secondary N) is 1. The van der Waals surface area contributed by atoms with Gasteiger partial charge in [0.05, 0.1) is 59.4 Å². The fourth-order valence-electron chi connectivity index (χ4n) is 6.28. The highest BCUT2D eigenvalue weighted by molar-refractivity contribution is 6.21. The molecule has 0 aliphatic carbocycles. The Labute approximate surface area is 230 Å².